The van der Waals surface area contributed by atoms with Gasteiger partial charge in [0.2, 0.25) is 0 Å². The Bertz CT molecular complexity index is 610. The molecule has 1 aromatic carbocycles. The highest BCUT2D eigenvalue weighted by atomic mass is 16.5. The van der Waals surface area contributed by atoms with Crippen LogP contribution in [0.2, 0.25) is 0 Å². The van der Waals surface area contributed by atoms with Crippen LogP contribution >= 0.6 is 0 Å². The number of carbonyl (C=O) groups is 2. The van der Waals surface area contributed by atoms with Gasteiger partial charge in [-0.05, 0) is 19.1 Å². The van der Waals surface area contributed by atoms with E-state index in [4.69, 9.17) is 4.74 Å². The molecule has 0 aromatic heterocycles. The summed E-state index contributed by atoms with van der Waals surface area (Å²) in [5.41, 5.74) is 2.80. The van der Waals surface area contributed by atoms with Crippen molar-refractivity contribution in [2.75, 3.05) is 30.5 Å². The molecule has 1 heterocycles. The van der Waals surface area contributed by atoms with Crippen LogP contribution in [0.1, 0.15) is 12.5 Å². The lowest BCUT2D eigenvalue weighted by molar-refractivity contribution is -0.136. The molecule has 0 saturated heterocycles. The topological polar surface area (TPSA) is 70.1 Å². The number of amides is 1. The molecule has 1 aliphatic rings. The molecular formula is C15H18N2O4. The first-order valence-corrected chi connectivity index (χ1v) is 6.63. The van der Waals surface area contributed by atoms with E-state index in [0.717, 1.165) is 11.3 Å². The number of esters is 1. The summed E-state index contributed by atoms with van der Waals surface area (Å²) in [6, 6.07) is 5.47. The van der Waals surface area contributed by atoms with Gasteiger partial charge in [-0.2, -0.15) is 0 Å². The zero-order chi connectivity index (χ0) is 15.6. The van der Waals surface area contributed by atoms with E-state index < -0.39 is 12.1 Å². The van der Waals surface area contributed by atoms with Gasteiger partial charge in [0.25, 0.3) is 0 Å². The maximum Gasteiger partial charge on any atom is 0.411 e. The van der Waals surface area contributed by atoms with Crippen molar-refractivity contribution in [3.8, 4) is 0 Å². The molecular weight excluding hydrogens is 272 g/mol. The number of hydrogen-bond acceptors (Lipinski definition) is 4. The van der Waals surface area contributed by atoms with Crippen molar-refractivity contribution in [2.45, 2.75) is 13.3 Å². The van der Waals surface area contributed by atoms with Crippen LogP contribution < -0.4 is 9.80 Å². The lowest BCUT2D eigenvalue weighted by Crippen LogP contribution is -2.31. The molecule has 112 valence electrons. The van der Waals surface area contributed by atoms with Gasteiger partial charge in [-0.3, -0.25) is 4.90 Å². The average molecular weight is 290 g/mol. The van der Waals surface area contributed by atoms with Crippen LogP contribution in [0.15, 0.2) is 30.0 Å². The Morgan fingerprint density at radius 1 is 1.43 bits per heavy atom. The lowest BCUT2D eigenvalue weighted by Gasteiger charge is -2.29. The third-order valence-corrected chi connectivity index (χ3v) is 3.51. The number of fused-ring (bicyclic) bond motifs is 1. The second kappa shape index (κ2) is 5.87. The highest BCUT2D eigenvalue weighted by Crippen LogP contribution is 2.35. The minimum absolute atomic E-state index is 0.340. The summed E-state index contributed by atoms with van der Waals surface area (Å²) in [6.07, 6.45) is 1.06. The Hall–Kier alpha value is -2.50. The molecule has 0 bridgehead atoms. The highest BCUT2D eigenvalue weighted by molar-refractivity contribution is 5.94. The Morgan fingerprint density at radius 2 is 2.14 bits per heavy atom. The van der Waals surface area contributed by atoms with Crippen LogP contribution in [-0.4, -0.2) is 37.9 Å². The zero-order valence-corrected chi connectivity index (χ0v) is 12.3. The van der Waals surface area contributed by atoms with E-state index in [9.17, 15) is 14.7 Å². The van der Waals surface area contributed by atoms with E-state index in [1.165, 1.54) is 12.0 Å². The van der Waals surface area contributed by atoms with E-state index in [1.807, 2.05) is 24.1 Å². The van der Waals surface area contributed by atoms with E-state index in [1.54, 1.807) is 19.2 Å². The summed E-state index contributed by atoms with van der Waals surface area (Å²) < 4.78 is 4.76. The fraction of sp³-hybridized carbons (Fsp3) is 0.333. The molecule has 0 fully saturated rings. The number of rotatable bonds is 3. The van der Waals surface area contributed by atoms with E-state index in [-0.39, 0.29) is 0 Å². The summed E-state index contributed by atoms with van der Waals surface area (Å²) >= 11 is 0. The molecule has 0 radical (unpaired) electrons. The van der Waals surface area contributed by atoms with E-state index in [2.05, 4.69) is 0 Å². The molecule has 0 aliphatic carbocycles. The fourth-order valence-electron chi connectivity index (χ4n) is 2.53. The van der Waals surface area contributed by atoms with E-state index >= 15 is 0 Å². The number of ether oxygens (including phenoxy) is 1. The average Bonchev–Trinajstić information content (AvgIpc) is 2.47. The van der Waals surface area contributed by atoms with Crippen molar-refractivity contribution in [2.24, 2.45) is 0 Å². The van der Waals surface area contributed by atoms with Gasteiger partial charge in [0, 0.05) is 37.5 Å². The molecule has 2 rings (SSSR count). The highest BCUT2D eigenvalue weighted by Gasteiger charge is 2.25. The number of anilines is 2. The Labute approximate surface area is 123 Å². The van der Waals surface area contributed by atoms with Crippen molar-refractivity contribution < 1.29 is 19.4 Å². The summed E-state index contributed by atoms with van der Waals surface area (Å²) in [5, 5.41) is 9.32. The van der Waals surface area contributed by atoms with Gasteiger partial charge in [-0.15, -0.1) is 0 Å². The van der Waals surface area contributed by atoms with Crippen molar-refractivity contribution in [3.05, 3.63) is 35.5 Å². The molecule has 0 saturated carbocycles. The summed E-state index contributed by atoms with van der Waals surface area (Å²) in [7, 11) is 3.15. The largest absolute Gasteiger partial charge is 0.466 e. The second-order valence-corrected chi connectivity index (χ2v) is 4.74. The third-order valence-electron chi connectivity index (χ3n) is 3.51. The Kier molecular flexibility index (Phi) is 4.16. The van der Waals surface area contributed by atoms with Crippen molar-refractivity contribution in [1.29, 1.82) is 0 Å². The van der Waals surface area contributed by atoms with Crippen LogP contribution in [0.3, 0.4) is 0 Å². The molecule has 1 amide bonds. The first-order valence-electron chi connectivity index (χ1n) is 6.63. The molecule has 1 N–H and O–H groups in total. The third kappa shape index (κ3) is 2.69. The fourth-order valence-corrected chi connectivity index (χ4v) is 2.53. The molecule has 6 nitrogen and oxygen atoms in total. The lowest BCUT2D eigenvalue weighted by atomic mass is 9.97. The minimum Gasteiger partial charge on any atom is -0.466 e. The molecule has 0 atom stereocenters. The van der Waals surface area contributed by atoms with Gasteiger partial charge in [0.15, 0.2) is 0 Å². The van der Waals surface area contributed by atoms with Gasteiger partial charge in [-0.1, -0.05) is 6.07 Å². The Balaban J connectivity index is 2.50. The zero-order valence-electron chi connectivity index (χ0n) is 12.3. The maximum absolute atomic E-state index is 11.8. The summed E-state index contributed by atoms with van der Waals surface area (Å²) in [4.78, 5) is 26.2. The predicted molar refractivity (Wildman–Crippen MR) is 79.7 cm³/mol. The van der Waals surface area contributed by atoms with Crippen LogP contribution in [0.4, 0.5) is 16.2 Å². The van der Waals surface area contributed by atoms with Gasteiger partial charge in [0.05, 0.1) is 18.4 Å². The number of methoxy groups -OCH3 is 1. The maximum atomic E-state index is 11.8. The standard InChI is InChI=1S/C15H18N2O4/c1-4-17(15(19)20)13-7-5-6-12-11(13)8-10(9-16(12)2)14(18)21-3/h5-7,9H,4,8H2,1-3H3,(H,19,20). The number of benzene rings is 1. The number of carboxylic acid groups (broad SMARTS) is 1. The van der Waals surface area contributed by atoms with Gasteiger partial charge in [0.1, 0.15) is 0 Å². The quantitative estimate of drug-likeness (QED) is 0.864. The van der Waals surface area contributed by atoms with Gasteiger partial charge >= 0.3 is 12.1 Å². The monoisotopic (exact) mass is 290 g/mol. The molecule has 6 heteroatoms. The predicted octanol–water partition coefficient (Wildman–Crippen LogP) is 2.24. The number of nitrogens with zero attached hydrogens (tertiary/aromatic N) is 2. The van der Waals surface area contributed by atoms with E-state index in [0.29, 0.717) is 24.2 Å². The van der Waals surface area contributed by atoms with Crippen LogP contribution in [0.5, 0.6) is 0 Å². The van der Waals surface area contributed by atoms with Crippen molar-refractivity contribution >= 4 is 23.4 Å². The number of carbonyl (C=O) groups excluding carboxylic acids is 1. The van der Waals surface area contributed by atoms with Crippen LogP contribution in [0, 0.1) is 0 Å². The normalized spacial score (nSPS) is 13.3. The van der Waals surface area contributed by atoms with Gasteiger partial charge in [-0.25, -0.2) is 9.59 Å². The van der Waals surface area contributed by atoms with Gasteiger partial charge < -0.3 is 14.7 Å². The van der Waals surface area contributed by atoms with Crippen LogP contribution in [-0.2, 0) is 16.0 Å². The smallest absolute Gasteiger partial charge is 0.411 e. The first-order chi connectivity index (χ1) is 9.99. The van der Waals surface area contributed by atoms with Crippen molar-refractivity contribution in [3.63, 3.8) is 0 Å². The summed E-state index contributed by atoms with van der Waals surface area (Å²) in [5.74, 6) is -0.402. The first kappa shape index (κ1) is 14.9. The molecule has 0 unspecified atom stereocenters. The SMILES string of the molecule is CCN(C(=O)O)c1cccc2c1CC(C(=O)OC)=CN2C. The molecule has 0 spiro atoms. The minimum atomic E-state index is -1.01. The van der Waals surface area contributed by atoms with Crippen LogP contribution in [0.25, 0.3) is 0 Å². The second-order valence-electron chi connectivity index (χ2n) is 4.74. The molecule has 1 aliphatic heterocycles. The molecule has 21 heavy (non-hydrogen) atoms. The van der Waals surface area contributed by atoms with Crippen molar-refractivity contribution in [1.82, 2.24) is 0 Å². The molecule has 1 aromatic rings. The summed E-state index contributed by atoms with van der Waals surface area (Å²) in [6.45, 7) is 2.11. The number of hydrogen-bond donors (Lipinski definition) is 1. The Morgan fingerprint density at radius 3 is 2.71 bits per heavy atom.